The molecule has 2 atom stereocenters. The molecule has 2 aromatic heterocycles. The van der Waals surface area contributed by atoms with Crippen LogP contribution < -0.4 is 15.6 Å². The molecule has 0 spiro atoms. The molecule has 0 aliphatic carbocycles. The number of H-pyrrole nitrogens is 1. The van der Waals surface area contributed by atoms with Crippen molar-refractivity contribution in [3.05, 3.63) is 124 Å². The topological polar surface area (TPSA) is 115 Å². The molecule has 1 aliphatic rings. The smallest absolute Gasteiger partial charge is 0.407 e. The number of rotatable bonds is 14. The summed E-state index contributed by atoms with van der Waals surface area (Å²) in [6.45, 7) is 8.65. The normalized spacial score (nSPS) is 15.2. The Kier molecular flexibility index (Phi) is 12.5. The summed E-state index contributed by atoms with van der Waals surface area (Å²) in [5.74, 6) is 0.978. The van der Waals surface area contributed by atoms with Crippen LogP contribution in [0.5, 0.6) is 5.75 Å². The first-order chi connectivity index (χ1) is 26.1. The van der Waals surface area contributed by atoms with E-state index >= 15 is 0 Å². The number of amides is 2. The van der Waals surface area contributed by atoms with Crippen molar-refractivity contribution in [2.24, 2.45) is 0 Å². The number of benzene rings is 3. The third-order valence-corrected chi connectivity index (χ3v) is 9.79. The third-order valence-electron chi connectivity index (χ3n) is 9.79. The van der Waals surface area contributed by atoms with Crippen LogP contribution in [0, 0.1) is 0 Å². The molecule has 1 unspecified atom stereocenters. The molecule has 2 N–H and O–H groups in total. The van der Waals surface area contributed by atoms with Gasteiger partial charge in [-0.1, -0.05) is 60.7 Å². The molecule has 1 saturated heterocycles. The number of likely N-dealkylation sites (tertiary alicyclic amines) is 1. The molecule has 5 aromatic rings. The summed E-state index contributed by atoms with van der Waals surface area (Å²) in [7, 11) is 1.73. The minimum atomic E-state index is -0.675. The first-order valence-electron chi connectivity index (χ1n) is 18.9. The zero-order chi connectivity index (χ0) is 38.1. The van der Waals surface area contributed by atoms with Crippen molar-refractivity contribution in [1.29, 1.82) is 0 Å². The van der Waals surface area contributed by atoms with Gasteiger partial charge in [-0.25, -0.2) is 4.79 Å². The van der Waals surface area contributed by atoms with Crippen LogP contribution in [0.1, 0.15) is 69.2 Å². The maximum Gasteiger partial charge on any atom is 0.407 e. The highest BCUT2D eigenvalue weighted by Crippen LogP contribution is 2.36. The number of aromatic amines is 1. The Labute approximate surface area is 317 Å². The molecule has 284 valence electrons. The molecule has 1 aliphatic heterocycles. The Morgan fingerprint density at radius 2 is 1.72 bits per heavy atom. The molecule has 3 heterocycles. The quantitative estimate of drug-likeness (QED) is 0.113. The summed E-state index contributed by atoms with van der Waals surface area (Å²) in [5, 5.41) is 4.06. The minimum Gasteiger partial charge on any atom is -0.488 e. The van der Waals surface area contributed by atoms with Gasteiger partial charge in [0.25, 0.3) is 0 Å². The van der Waals surface area contributed by atoms with E-state index in [1.165, 1.54) is 11.8 Å². The summed E-state index contributed by atoms with van der Waals surface area (Å²) >= 11 is 0. The number of nitrogens with one attached hydrogen (secondary N) is 2. The van der Waals surface area contributed by atoms with Gasteiger partial charge >= 0.3 is 6.09 Å². The van der Waals surface area contributed by atoms with Crippen LogP contribution in [0.4, 0.5) is 4.79 Å². The van der Waals surface area contributed by atoms with E-state index in [1.54, 1.807) is 19.4 Å². The summed E-state index contributed by atoms with van der Waals surface area (Å²) in [6, 6.07) is 29.4. The summed E-state index contributed by atoms with van der Waals surface area (Å²) in [4.78, 5) is 43.3. The average molecular weight is 733 g/mol. The van der Waals surface area contributed by atoms with Gasteiger partial charge in [0.1, 0.15) is 18.0 Å². The second kappa shape index (κ2) is 17.6. The highest BCUT2D eigenvalue weighted by molar-refractivity contribution is 5.88. The highest BCUT2D eigenvalue weighted by Gasteiger charge is 2.30. The molecule has 10 nitrogen and oxygen atoms in total. The van der Waals surface area contributed by atoms with E-state index in [1.807, 2.05) is 80.3 Å². The Bertz CT molecular complexity index is 2040. The number of aromatic nitrogens is 2. The predicted octanol–water partition coefficient (Wildman–Crippen LogP) is 7.84. The van der Waals surface area contributed by atoms with Gasteiger partial charge in [0.05, 0.1) is 5.52 Å². The van der Waals surface area contributed by atoms with E-state index in [4.69, 9.17) is 14.2 Å². The van der Waals surface area contributed by atoms with E-state index in [2.05, 4.69) is 39.1 Å². The lowest BCUT2D eigenvalue weighted by molar-refractivity contribution is -0.132. The van der Waals surface area contributed by atoms with Crippen molar-refractivity contribution in [2.75, 3.05) is 26.8 Å². The summed E-state index contributed by atoms with van der Waals surface area (Å²) in [5.41, 5.74) is 5.41. The molecule has 0 radical (unpaired) electrons. The van der Waals surface area contributed by atoms with Crippen molar-refractivity contribution in [3.63, 3.8) is 0 Å². The lowest BCUT2D eigenvalue weighted by atomic mass is 9.93. The summed E-state index contributed by atoms with van der Waals surface area (Å²) < 4.78 is 19.8. The number of hydrogen-bond acceptors (Lipinski definition) is 6. The van der Waals surface area contributed by atoms with Gasteiger partial charge in [0.2, 0.25) is 11.5 Å². The number of pyridine rings is 1. The lowest BCUT2D eigenvalue weighted by Gasteiger charge is -2.34. The van der Waals surface area contributed by atoms with E-state index in [0.29, 0.717) is 32.7 Å². The standard InChI is InChI=1S/C44H52N4O6/c1-44(2,3)54-43(51)46-36(25-31-16-18-33(19-17-31)34-20-21-41(49)45-28-34)26-42(50)47-22-9-13-35(29-47)39-27-37-38(48(39)23-10-24-52-4)14-8-15-40(37)53-30-32-11-6-5-7-12-32/h5-8,11-12,14-21,27-28,35-36H,9-10,13,22-26,29-30H2,1-4H3,(H,45,49)(H,46,51)/t35?,36-/m1/s1. The first kappa shape index (κ1) is 38.4. The second-order valence-corrected chi connectivity index (χ2v) is 15.1. The number of fused-ring (bicyclic) bond motifs is 1. The first-order valence-corrected chi connectivity index (χ1v) is 18.9. The number of piperidine rings is 1. The molecule has 1 fully saturated rings. The zero-order valence-corrected chi connectivity index (χ0v) is 31.8. The van der Waals surface area contributed by atoms with Crippen molar-refractivity contribution in [2.45, 2.75) is 83.6 Å². The van der Waals surface area contributed by atoms with Crippen LogP contribution in [0.15, 0.2) is 102 Å². The zero-order valence-electron chi connectivity index (χ0n) is 31.8. The lowest BCUT2D eigenvalue weighted by Crippen LogP contribution is -2.46. The van der Waals surface area contributed by atoms with E-state index in [9.17, 15) is 14.4 Å². The maximum absolute atomic E-state index is 14.1. The van der Waals surface area contributed by atoms with Crippen molar-refractivity contribution in [1.82, 2.24) is 19.8 Å². The Morgan fingerprint density at radius 3 is 2.44 bits per heavy atom. The van der Waals surface area contributed by atoms with Crippen molar-refractivity contribution >= 4 is 22.9 Å². The Morgan fingerprint density at radius 1 is 0.944 bits per heavy atom. The van der Waals surface area contributed by atoms with Crippen LogP contribution in [-0.4, -0.2) is 64.9 Å². The highest BCUT2D eigenvalue weighted by atomic mass is 16.6. The molecule has 0 bridgehead atoms. The van der Waals surface area contributed by atoms with Crippen molar-refractivity contribution in [3.8, 4) is 16.9 Å². The van der Waals surface area contributed by atoms with Gasteiger partial charge in [-0.05, 0) is 93.0 Å². The Balaban J connectivity index is 1.20. The molecule has 3 aromatic carbocycles. The SMILES string of the molecule is COCCCn1c(C2CCCN(C(=O)C[C@@H](Cc3ccc(-c4ccc(=O)[nH]c4)cc3)NC(=O)OC(C)(C)C)C2)cc2c(OCc3ccccc3)cccc21. The van der Waals surface area contributed by atoms with Gasteiger partial charge in [-0.2, -0.15) is 0 Å². The van der Waals surface area contributed by atoms with Gasteiger partial charge in [-0.15, -0.1) is 0 Å². The number of methoxy groups -OCH3 is 1. The van der Waals surface area contributed by atoms with Gasteiger partial charge in [-0.3, -0.25) is 9.59 Å². The number of ether oxygens (including phenoxy) is 3. The monoisotopic (exact) mass is 732 g/mol. The van der Waals surface area contributed by atoms with Crippen LogP contribution in [0.2, 0.25) is 0 Å². The molecular weight excluding hydrogens is 681 g/mol. The fraction of sp³-hybridized carbons (Fsp3) is 0.386. The Hall–Kier alpha value is -5.35. The van der Waals surface area contributed by atoms with Crippen LogP contribution in [-0.2, 0) is 33.8 Å². The van der Waals surface area contributed by atoms with Crippen LogP contribution >= 0.6 is 0 Å². The van der Waals surface area contributed by atoms with Crippen LogP contribution in [0.3, 0.4) is 0 Å². The largest absolute Gasteiger partial charge is 0.488 e. The number of carbonyl (C=O) groups is 2. The van der Waals surface area contributed by atoms with Crippen molar-refractivity contribution < 1.29 is 23.8 Å². The second-order valence-electron chi connectivity index (χ2n) is 15.1. The molecular formula is C44H52N4O6. The molecule has 10 heteroatoms. The van der Waals surface area contributed by atoms with E-state index < -0.39 is 17.7 Å². The van der Waals surface area contributed by atoms with Gasteiger partial charge in [0.15, 0.2) is 0 Å². The number of aryl methyl sites for hydroxylation is 1. The van der Waals surface area contributed by atoms with Gasteiger partial charge < -0.3 is 34.0 Å². The van der Waals surface area contributed by atoms with E-state index in [0.717, 1.165) is 64.7 Å². The number of alkyl carbamates (subject to hydrolysis) is 1. The third kappa shape index (κ3) is 10.2. The van der Waals surface area contributed by atoms with E-state index in [-0.39, 0.29) is 23.8 Å². The van der Waals surface area contributed by atoms with Gasteiger partial charge in [0, 0.05) is 75.1 Å². The average Bonchev–Trinajstić information content (AvgIpc) is 3.53. The van der Waals surface area contributed by atoms with Crippen LogP contribution in [0.25, 0.3) is 22.0 Å². The molecule has 54 heavy (non-hydrogen) atoms. The number of hydrogen-bond donors (Lipinski definition) is 2. The number of nitrogens with zero attached hydrogens (tertiary/aromatic N) is 2. The maximum atomic E-state index is 14.1. The summed E-state index contributed by atoms with van der Waals surface area (Å²) in [6.07, 6.45) is 4.44. The minimum absolute atomic E-state index is 0.000420. The molecule has 2 amide bonds. The molecule has 6 rings (SSSR count). The fourth-order valence-corrected chi connectivity index (χ4v) is 7.24. The molecule has 0 saturated carbocycles. The fourth-order valence-electron chi connectivity index (χ4n) is 7.24. The number of carbonyl (C=O) groups excluding carboxylic acids is 2. The predicted molar refractivity (Wildman–Crippen MR) is 212 cm³/mol.